The van der Waals surface area contributed by atoms with Crippen LogP contribution in [0.25, 0.3) is 0 Å². The lowest BCUT2D eigenvalue weighted by Crippen LogP contribution is -2.51. The molecule has 2 unspecified atom stereocenters. The highest BCUT2D eigenvalue weighted by atomic mass is 16.6. The number of carbonyl (C=O) groups is 1. The molecule has 0 aliphatic carbocycles. The van der Waals surface area contributed by atoms with Crippen molar-refractivity contribution in [3.05, 3.63) is 0 Å². The van der Waals surface area contributed by atoms with E-state index in [-0.39, 0.29) is 6.10 Å². The van der Waals surface area contributed by atoms with Crippen molar-refractivity contribution < 1.29 is 9.53 Å². The summed E-state index contributed by atoms with van der Waals surface area (Å²) in [5.41, 5.74) is 5.02. The number of carbonyl (C=O) groups excluding carboxylic acids is 1. The summed E-state index contributed by atoms with van der Waals surface area (Å²) < 4.78 is 5.05. The SMILES string of the molecule is CC(OC(N)=O)C1CN2CCC1CC2. The van der Waals surface area contributed by atoms with Crippen molar-refractivity contribution in [3.63, 3.8) is 0 Å². The topological polar surface area (TPSA) is 55.6 Å². The zero-order valence-corrected chi connectivity index (χ0v) is 8.61. The number of fused-ring (bicyclic) bond motifs is 3. The summed E-state index contributed by atoms with van der Waals surface area (Å²) in [4.78, 5) is 13.1. The van der Waals surface area contributed by atoms with Gasteiger partial charge in [-0.25, -0.2) is 4.79 Å². The lowest BCUT2D eigenvalue weighted by atomic mass is 9.76. The van der Waals surface area contributed by atoms with E-state index in [1.54, 1.807) is 0 Å². The van der Waals surface area contributed by atoms with E-state index in [2.05, 4.69) is 4.90 Å². The summed E-state index contributed by atoms with van der Waals surface area (Å²) in [5, 5.41) is 0. The number of nitrogens with zero attached hydrogens (tertiary/aromatic N) is 1. The Hall–Kier alpha value is -0.770. The molecule has 3 aliphatic heterocycles. The maximum atomic E-state index is 10.6. The smallest absolute Gasteiger partial charge is 0.404 e. The first-order valence-electron chi connectivity index (χ1n) is 5.35. The van der Waals surface area contributed by atoms with Crippen LogP contribution in [0.3, 0.4) is 0 Å². The summed E-state index contributed by atoms with van der Waals surface area (Å²) in [5.74, 6) is 1.22. The van der Waals surface area contributed by atoms with Gasteiger partial charge in [0.05, 0.1) is 0 Å². The first-order chi connectivity index (χ1) is 6.66. The summed E-state index contributed by atoms with van der Waals surface area (Å²) >= 11 is 0. The monoisotopic (exact) mass is 198 g/mol. The van der Waals surface area contributed by atoms with Crippen LogP contribution in [0.15, 0.2) is 0 Å². The molecule has 4 heteroatoms. The van der Waals surface area contributed by atoms with Gasteiger partial charge in [0.1, 0.15) is 6.10 Å². The van der Waals surface area contributed by atoms with Gasteiger partial charge in [-0.2, -0.15) is 0 Å². The number of amides is 1. The molecule has 2 atom stereocenters. The number of ether oxygens (including phenoxy) is 1. The van der Waals surface area contributed by atoms with Crippen molar-refractivity contribution in [1.82, 2.24) is 4.90 Å². The molecule has 3 aliphatic rings. The molecule has 2 N–H and O–H groups in total. The van der Waals surface area contributed by atoms with E-state index < -0.39 is 6.09 Å². The Bertz CT molecular complexity index is 224. The number of rotatable bonds is 2. The summed E-state index contributed by atoms with van der Waals surface area (Å²) in [6.07, 6.45) is 1.82. The van der Waals surface area contributed by atoms with Crippen molar-refractivity contribution in [1.29, 1.82) is 0 Å². The molecule has 1 amide bonds. The van der Waals surface area contributed by atoms with E-state index in [1.807, 2.05) is 6.92 Å². The molecule has 3 saturated heterocycles. The minimum absolute atomic E-state index is 0.0272. The zero-order chi connectivity index (χ0) is 10.1. The van der Waals surface area contributed by atoms with Crippen molar-refractivity contribution in [2.45, 2.75) is 25.9 Å². The van der Waals surface area contributed by atoms with Crippen LogP contribution in [0.5, 0.6) is 0 Å². The van der Waals surface area contributed by atoms with E-state index in [4.69, 9.17) is 10.5 Å². The van der Waals surface area contributed by atoms with Crippen molar-refractivity contribution in [2.24, 2.45) is 17.6 Å². The first kappa shape index (κ1) is 9.77. The van der Waals surface area contributed by atoms with Crippen LogP contribution < -0.4 is 5.73 Å². The minimum atomic E-state index is -0.644. The van der Waals surface area contributed by atoms with E-state index in [0.717, 1.165) is 12.5 Å². The van der Waals surface area contributed by atoms with Gasteiger partial charge in [-0.3, -0.25) is 0 Å². The van der Waals surface area contributed by atoms with E-state index in [9.17, 15) is 4.79 Å². The van der Waals surface area contributed by atoms with Gasteiger partial charge < -0.3 is 15.4 Å². The normalized spacial score (nSPS) is 37.9. The Morgan fingerprint density at radius 2 is 2.14 bits per heavy atom. The fourth-order valence-electron chi connectivity index (χ4n) is 2.81. The number of hydrogen-bond donors (Lipinski definition) is 1. The third kappa shape index (κ3) is 1.85. The highest BCUT2D eigenvalue weighted by Crippen LogP contribution is 2.34. The second kappa shape index (κ2) is 3.77. The molecule has 3 fully saturated rings. The molecule has 0 aromatic carbocycles. The van der Waals surface area contributed by atoms with Crippen LogP contribution in [0.2, 0.25) is 0 Å². The summed E-state index contributed by atoms with van der Waals surface area (Å²) in [6.45, 7) is 5.45. The van der Waals surface area contributed by atoms with Crippen molar-refractivity contribution in [2.75, 3.05) is 19.6 Å². The lowest BCUT2D eigenvalue weighted by molar-refractivity contribution is -0.0230. The Morgan fingerprint density at radius 1 is 1.50 bits per heavy atom. The van der Waals surface area contributed by atoms with Gasteiger partial charge in [0.25, 0.3) is 0 Å². The zero-order valence-electron chi connectivity index (χ0n) is 8.61. The van der Waals surface area contributed by atoms with Crippen molar-refractivity contribution in [3.8, 4) is 0 Å². The molecule has 80 valence electrons. The number of hydrogen-bond acceptors (Lipinski definition) is 3. The molecule has 0 radical (unpaired) electrons. The van der Waals surface area contributed by atoms with Gasteiger partial charge >= 0.3 is 6.09 Å². The van der Waals surface area contributed by atoms with Gasteiger partial charge in [-0.1, -0.05) is 0 Å². The van der Waals surface area contributed by atoms with E-state index in [1.165, 1.54) is 25.9 Å². The van der Waals surface area contributed by atoms with Gasteiger partial charge in [0.2, 0.25) is 0 Å². The Morgan fingerprint density at radius 3 is 2.57 bits per heavy atom. The molecular weight excluding hydrogens is 180 g/mol. The highest BCUT2D eigenvalue weighted by Gasteiger charge is 2.38. The third-order valence-corrected chi connectivity index (χ3v) is 3.61. The predicted octanol–water partition coefficient (Wildman–Crippen LogP) is 0.812. The maximum absolute atomic E-state index is 10.6. The quantitative estimate of drug-likeness (QED) is 0.714. The lowest BCUT2D eigenvalue weighted by Gasteiger charge is -2.46. The van der Waals surface area contributed by atoms with Crippen LogP contribution >= 0.6 is 0 Å². The average Bonchev–Trinajstić information content (AvgIpc) is 2.18. The average molecular weight is 198 g/mol. The molecule has 3 rings (SSSR count). The van der Waals surface area contributed by atoms with Gasteiger partial charge in [0.15, 0.2) is 0 Å². The van der Waals surface area contributed by atoms with Gasteiger partial charge in [-0.15, -0.1) is 0 Å². The van der Waals surface area contributed by atoms with Crippen LogP contribution in [0.1, 0.15) is 19.8 Å². The largest absolute Gasteiger partial charge is 0.446 e. The molecule has 0 saturated carbocycles. The number of nitrogens with two attached hydrogens (primary N) is 1. The molecule has 4 nitrogen and oxygen atoms in total. The van der Waals surface area contributed by atoms with Crippen LogP contribution in [-0.4, -0.2) is 36.7 Å². The number of piperidine rings is 3. The highest BCUT2D eigenvalue weighted by molar-refractivity contribution is 5.64. The molecule has 2 bridgehead atoms. The Labute approximate surface area is 84.4 Å². The van der Waals surface area contributed by atoms with Gasteiger partial charge in [0, 0.05) is 12.5 Å². The van der Waals surface area contributed by atoms with Crippen LogP contribution in [0.4, 0.5) is 4.79 Å². The van der Waals surface area contributed by atoms with Crippen LogP contribution in [0, 0.1) is 11.8 Å². The molecule has 14 heavy (non-hydrogen) atoms. The summed E-state index contributed by atoms with van der Waals surface area (Å²) in [6, 6.07) is 0. The Kier molecular flexibility index (Phi) is 2.63. The van der Waals surface area contributed by atoms with Crippen LogP contribution in [-0.2, 0) is 4.74 Å². The Balaban J connectivity index is 1.94. The molecule has 0 aromatic rings. The van der Waals surface area contributed by atoms with E-state index >= 15 is 0 Å². The second-order valence-electron chi connectivity index (χ2n) is 4.44. The van der Waals surface area contributed by atoms with Gasteiger partial charge in [-0.05, 0) is 38.8 Å². The minimum Gasteiger partial charge on any atom is -0.446 e. The fourth-order valence-corrected chi connectivity index (χ4v) is 2.81. The van der Waals surface area contributed by atoms with Crippen molar-refractivity contribution >= 4 is 6.09 Å². The maximum Gasteiger partial charge on any atom is 0.404 e. The standard InChI is InChI=1S/C10H18N2O2/c1-7(14-10(11)13)9-6-12-4-2-8(9)3-5-12/h7-9H,2-6H2,1H3,(H2,11,13). The molecule has 3 heterocycles. The number of primary amides is 1. The summed E-state index contributed by atoms with van der Waals surface area (Å²) in [7, 11) is 0. The predicted molar refractivity (Wildman–Crippen MR) is 52.8 cm³/mol. The second-order valence-corrected chi connectivity index (χ2v) is 4.44. The third-order valence-electron chi connectivity index (χ3n) is 3.61. The molecule has 0 spiro atoms. The molecule has 0 aromatic heterocycles. The first-order valence-corrected chi connectivity index (χ1v) is 5.35. The van der Waals surface area contributed by atoms with E-state index in [0.29, 0.717) is 5.92 Å². The fraction of sp³-hybridized carbons (Fsp3) is 0.900. The molecular formula is C10H18N2O2.